The average Bonchev–Trinajstić information content (AvgIpc) is 2.53. The molecule has 0 aliphatic heterocycles. The van der Waals surface area contributed by atoms with Crippen LogP contribution < -0.4 is 9.47 Å². The SMILES string of the molecule is COc1cc(CC(C(=O)O)c2ccc(O)cc2)cc(OC)c1. The summed E-state index contributed by atoms with van der Waals surface area (Å²) in [6.07, 6.45) is 0.299. The van der Waals surface area contributed by atoms with Gasteiger partial charge in [0.1, 0.15) is 17.2 Å². The molecule has 5 heteroatoms. The summed E-state index contributed by atoms with van der Waals surface area (Å²) in [6.45, 7) is 0. The smallest absolute Gasteiger partial charge is 0.311 e. The maximum absolute atomic E-state index is 11.6. The summed E-state index contributed by atoms with van der Waals surface area (Å²) < 4.78 is 10.4. The van der Waals surface area contributed by atoms with Crippen LogP contribution in [0.1, 0.15) is 17.0 Å². The van der Waals surface area contributed by atoms with Crippen LogP contribution in [0.15, 0.2) is 42.5 Å². The van der Waals surface area contributed by atoms with Gasteiger partial charge in [0.2, 0.25) is 0 Å². The molecule has 0 amide bonds. The standard InChI is InChI=1S/C17H18O5/c1-21-14-7-11(8-15(10-14)22-2)9-16(17(19)20)12-3-5-13(18)6-4-12/h3-8,10,16,18H,9H2,1-2H3,(H,19,20). The lowest BCUT2D eigenvalue weighted by atomic mass is 9.92. The first kappa shape index (κ1) is 15.7. The fourth-order valence-corrected chi connectivity index (χ4v) is 2.27. The van der Waals surface area contributed by atoms with Crippen molar-refractivity contribution in [2.75, 3.05) is 14.2 Å². The topological polar surface area (TPSA) is 76.0 Å². The zero-order valence-corrected chi connectivity index (χ0v) is 12.4. The van der Waals surface area contributed by atoms with Crippen molar-refractivity contribution in [3.63, 3.8) is 0 Å². The van der Waals surface area contributed by atoms with E-state index in [1.165, 1.54) is 12.1 Å². The highest BCUT2D eigenvalue weighted by molar-refractivity contribution is 5.76. The average molecular weight is 302 g/mol. The molecule has 1 unspecified atom stereocenters. The zero-order valence-electron chi connectivity index (χ0n) is 12.4. The van der Waals surface area contributed by atoms with Crippen LogP contribution in [-0.2, 0) is 11.2 Å². The molecule has 1 atom stereocenters. The van der Waals surface area contributed by atoms with Crippen LogP contribution in [0.4, 0.5) is 0 Å². The molecule has 0 bridgehead atoms. The van der Waals surface area contributed by atoms with E-state index in [2.05, 4.69) is 0 Å². The summed E-state index contributed by atoms with van der Waals surface area (Å²) in [5.41, 5.74) is 1.43. The number of methoxy groups -OCH3 is 2. The first-order chi connectivity index (χ1) is 10.5. The lowest BCUT2D eigenvalue weighted by Gasteiger charge is -2.14. The third-order valence-electron chi connectivity index (χ3n) is 3.44. The molecule has 2 rings (SSSR count). The van der Waals surface area contributed by atoms with E-state index in [0.29, 0.717) is 23.5 Å². The van der Waals surface area contributed by atoms with Gasteiger partial charge in [-0.1, -0.05) is 12.1 Å². The number of benzene rings is 2. The van der Waals surface area contributed by atoms with Crippen LogP contribution in [0.25, 0.3) is 0 Å². The molecule has 0 aliphatic rings. The molecule has 0 spiro atoms. The number of phenols is 1. The Balaban J connectivity index is 2.32. The van der Waals surface area contributed by atoms with E-state index >= 15 is 0 Å². The Morgan fingerprint density at radius 3 is 2.05 bits per heavy atom. The van der Waals surface area contributed by atoms with Gasteiger partial charge in [0, 0.05) is 6.07 Å². The fourth-order valence-electron chi connectivity index (χ4n) is 2.27. The van der Waals surface area contributed by atoms with Crippen LogP contribution >= 0.6 is 0 Å². The molecule has 22 heavy (non-hydrogen) atoms. The monoisotopic (exact) mass is 302 g/mol. The maximum Gasteiger partial charge on any atom is 0.311 e. The second-order valence-electron chi connectivity index (χ2n) is 4.91. The number of aliphatic carboxylic acids is 1. The number of aromatic hydroxyl groups is 1. The second-order valence-corrected chi connectivity index (χ2v) is 4.91. The molecule has 5 nitrogen and oxygen atoms in total. The molecule has 2 aromatic rings. The minimum atomic E-state index is -0.924. The van der Waals surface area contributed by atoms with E-state index in [1.54, 1.807) is 44.6 Å². The Kier molecular flexibility index (Phi) is 4.88. The van der Waals surface area contributed by atoms with Crippen LogP contribution in [-0.4, -0.2) is 30.4 Å². The molecule has 2 aromatic carbocycles. The number of carboxylic acid groups (broad SMARTS) is 1. The van der Waals surface area contributed by atoms with Gasteiger partial charge in [-0.15, -0.1) is 0 Å². The van der Waals surface area contributed by atoms with Gasteiger partial charge in [-0.2, -0.15) is 0 Å². The summed E-state index contributed by atoms with van der Waals surface area (Å²) >= 11 is 0. The second kappa shape index (κ2) is 6.85. The number of carboxylic acids is 1. The van der Waals surface area contributed by atoms with Crippen LogP contribution in [0.5, 0.6) is 17.2 Å². The van der Waals surface area contributed by atoms with Crippen molar-refractivity contribution in [3.8, 4) is 17.2 Å². The van der Waals surface area contributed by atoms with Crippen molar-refractivity contribution in [2.24, 2.45) is 0 Å². The molecule has 0 fully saturated rings. The molecule has 0 radical (unpaired) electrons. The molecule has 116 valence electrons. The van der Waals surface area contributed by atoms with Crippen molar-refractivity contribution < 1.29 is 24.5 Å². The van der Waals surface area contributed by atoms with E-state index in [-0.39, 0.29) is 5.75 Å². The first-order valence-electron chi connectivity index (χ1n) is 6.77. The van der Waals surface area contributed by atoms with Gasteiger partial charge in [-0.05, 0) is 41.8 Å². The predicted molar refractivity (Wildman–Crippen MR) is 81.7 cm³/mol. The van der Waals surface area contributed by atoms with Gasteiger partial charge in [0.15, 0.2) is 0 Å². The van der Waals surface area contributed by atoms with Gasteiger partial charge in [-0.25, -0.2) is 0 Å². The van der Waals surface area contributed by atoms with Gasteiger partial charge < -0.3 is 19.7 Å². The van der Waals surface area contributed by atoms with Crippen LogP contribution in [0.3, 0.4) is 0 Å². The third kappa shape index (κ3) is 3.69. The van der Waals surface area contributed by atoms with E-state index in [9.17, 15) is 15.0 Å². The quantitative estimate of drug-likeness (QED) is 0.858. The van der Waals surface area contributed by atoms with Crippen molar-refractivity contribution in [1.82, 2.24) is 0 Å². The minimum Gasteiger partial charge on any atom is -0.508 e. The number of hydrogen-bond acceptors (Lipinski definition) is 4. The minimum absolute atomic E-state index is 0.107. The predicted octanol–water partition coefficient (Wildman–Crippen LogP) is 2.82. The summed E-state index contributed by atoms with van der Waals surface area (Å²) in [5.74, 6) is -0.297. The molecule has 2 N–H and O–H groups in total. The normalized spacial score (nSPS) is 11.7. The van der Waals surface area contributed by atoms with Crippen molar-refractivity contribution in [1.29, 1.82) is 0 Å². The van der Waals surface area contributed by atoms with Crippen LogP contribution in [0.2, 0.25) is 0 Å². The van der Waals surface area contributed by atoms with E-state index < -0.39 is 11.9 Å². The van der Waals surface area contributed by atoms with Gasteiger partial charge >= 0.3 is 5.97 Å². The Bertz CT molecular complexity index is 626. The van der Waals surface area contributed by atoms with Crippen molar-refractivity contribution in [2.45, 2.75) is 12.3 Å². The molecule has 0 heterocycles. The van der Waals surface area contributed by atoms with E-state index in [0.717, 1.165) is 5.56 Å². The summed E-state index contributed by atoms with van der Waals surface area (Å²) in [5, 5.41) is 18.8. The number of rotatable bonds is 6. The fraction of sp³-hybridized carbons (Fsp3) is 0.235. The lowest BCUT2D eigenvalue weighted by Crippen LogP contribution is -2.14. The van der Waals surface area contributed by atoms with Gasteiger partial charge in [0.25, 0.3) is 0 Å². The molecule has 0 saturated carbocycles. The first-order valence-corrected chi connectivity index (χ1v) is 6.77. The van der Waals surface area contributed by atoms with Crippen molar-refractivity contribution >= 4 is 5.97 Å². The number of phenolic OH excluding ortho intramolecular Hbond substituents is 1. The highest BCUT2D eigenvalue weighted by atomic mass is 16.5. The van der Waals surface area contributed by atoms with E-state index in [1.807, 2.05) is 0 Å². The highest BCUT2D eigenvalue weighted by Crippen LogP contribution is 2.28. The molecule has 0 saturated heterocycles. The molecule has 0 aromatic heterocycles. The Morgan fingerprint density at radius 2 is 1.59 bits per heavy atom. The van der Waals surface area contributed by atoms with Gasteiger partial charge in [0.05, 0.1) is 20.1 Å². The van der Waals surface area contributed by atoms with E-state index in [4.69, 9.17) is 9.47 Å². The Labute approximate surface area is 128 Å². The Morgan fingerprint density at radius 1 is 1.05 bits per heavy atom. The Hall–Kier alpha value is -2.69. The number of hydrogen-bond donors (Lipinski definition) is 2. The lowest BCUT2D eigenvalue weighted by molar-refractivity contribution is -0.138. The highest BCUT2D eigenvalue weighted by Gasteiger charge is 2.21. The number of carbonyl (C=O) groups is 1. The summed E-state index contributed by atoms with van der Waals surface area (Å²) in [6, 6.07) is 11.5. The molecule has 0 aliphatic carbocycles. The summed E-state index contributed by atoms with van der Waals surface area (Å²) in [7, 11) is 3.10. The van der Waals surface area contributed by atoms with Gasteiger partial charge in [-0.3, -0.25) is 4.79 Å². The maximum atomic E-state index is 11.6. The van der Waals surface area contributed by atoms with Crippen LogP contribution in [0, 0.1) is 0 Å². The number of ether oxygens (including phenoxy) is 2. The van der Waals surface area contributed by atoms with Crippen molar-refractivity contribution in [3.05, 3.63) is 53.6 Å². The summed E-state index contributed by atoms with van der Waals surface area (Å²) in [4.78, 5) is 11.6. The molecular weight excluding hydrogens is 284 g/mol. The zero-order chi connectivity index (χ0) is 16.1. The third-order valence-corrected chi connectivity index (χ3v) is 3.44. The largest absolute Gasteiger partial charge is 0.508 e. The molecular formula is C17H18O5.